The fraction of sp³-hybridized carbons (Fsp3) is 0.318. The van der Waals surface area contributed by atoms with Crippen LogP contribution in [0.1, 0.15) is 12.5 Å². The van der Waals surface area contributed by atoms with Gasteiger partial charge in [-0.3, -0.25) is 19.3 Å². The van der Waals surface area contributed by atoms with Crippen molar-refractivity contribution in [2.75, 3.05) is 37.8 Å². The SMILES string of the molecule is Cc1ccc(NC(=O)CN(C)C(=O)[C@@H](C)N(C)CC(=O)Nc2ccccc2Cl)cc1. The number of hydrogen-bond donors (Lipinski definition) is 2. The molecule has 8 heteroatoms. The second-order valence-corrected chi connectivity index (χ2v) is 7.63. The Bertz CT molecular complexity index is 902. The molecular formula is C22H27ClN4O3. The number of para-hydroxylation sites is 1. The molecule has 0 heterocycles. The molecule has 2 aromatic carbocycles. The van der Waals surface area contributed by atoms with Crippen LogP contribution in [0.25, 0.3) is 0 Å². The second-order valence-electron chi connectivity index (χ2n) is 7.23. The van der Waals surface area contributed by atoms with Crippen molar-refractivity contribution >= 4 is 40.7 Å². The average molecular weight is 431 g/mol. The number of likely N-dealkylation sites (N-methyl/N-ethyl adjacent to an activating group) is 2. The number of anilines is 2. The standard InChI is InChI=1S/C22H27ClN4O3/c1-15-9-11-17(12-10-15)24-20(28)14-27(4)22(30)16(2)26(3)13-21(29)25-19-8-6-5-7-18(19)23/h5-12,16H,13-14H2,1-4H3,(H,24,28)(H,25,29)/t16-/m1/s1. The third-order valence-electron chi connectivity index (χ3n) is 4.65. The van der Waals surface area contributed by atoms with E-state index in [4.69, 9.17) is 11.6 Å². The van der Waals surface area contributed by atoms with E-state index in [1.54, 1.807) is 50.2 Å². The minimum absolute atomic E-state index is 0.00152. The van der Waals surface area contributed by atoms with Crippen LogP contribution in [0.15, 0.2) is 48.5 Å². The topological polar surface area (TPSA) is 81.8 Å². The Hall–Kier alpha value is -2.90. The van der Waals surface area contributed by atoms with Gasteiger partial charge < -0.3 is 15.5 Å². The predicted molar refractivity (Wildman–Crippen MR) is 120 cm³/mol. The average Bonchev–Trinajstić information content (AvgIpc) is 2.70. The van der Waals surface area contributed by atoms with Crippen LogP contribution in [0.3, 0.4) is 0 Å². The summed E-state index contributed by atoms with van der Waals surface area (Å²) in [4.78, 5) is 40.1. The molecule has 2 N–H and O–H groups in total. The number of aryl methyl sites for hydroxylation is 1. The first kappa shape index (κ1) is 23.4. The lowest BCUT2D eigenvalue weighted by molar-refractivity contribution is -0.137. The molecule has 0 saturated carbocycles. The Labute approximate surface area is 182 Å². The van der Waals surface area contributed by atoms with Crippen molar-refractivity contribution in [3.05, 3.63) is 59.1 Å². The van der Waals surface area contributed by atoms with E-state index in [2.05, 4.69) is 10.6 Å². The van der Waals surface area contributed by atoms with Crippen LogP contribution in [0, 0.1) is 6.92 Å². The Balaban J connectivity index is 1.85. The maximum atomic E-state index is 12.7. The molecule has 0 unspecified atom stereocenters. The Morgan fingerprint density at radius 2 is 1.53 bits per heavy atom. The van der Waals surface area contributed by atoms with E-state index in [0.29, 0.717) is 16.4 Å². The maximum absolute atomic E-state index is 12.7. The van der Waals surface area contributed by atoms with Gasteiger partial charge in [-0.1, -0.05) is 41.4 Å². The third-order valence-corrected chi connectivity index (χ3v) is 4.98. The number of carbonyl (C=O) groups excluding carboxylic acids is 3. The molecule has 2 aromatic rings. The largest absolute Gasteiger partial charge is 0.335 e. The molecule has 0 aliphatic heterocycles. The highest BCUT2D eigenvalue weighted by Crippen LogP contribution is 2.20. The van der Waals surface area contributed by atoms with E-state index < -0.39 is 6.04 Å². The maximum Gasteiger partial charge on any atom is 0.243 e. The highest BCUT2D eigenvalue weighted by molar-refractivity contribution is 6.33. The fourth-order valence-electron chi connectivity index (χ4n) is 2.75. The zero-order valence-corrected chi connectivity index (χ0v) is 18.4. The van der Waals surface area contributed by atoms with E-state index in [9.17, 15) is 14.4 Å². The molecule has 160 valence electrons. The summed E-state index contributed by atoms with van der Waals surface area (Å²) in [5.41, 5.74) is 2.28. The zero-order chi connectivity index (χ0) is 22.3. The van der Waals surface area contributed by atoms with Gasteiger partial charge in [0.25, 0.3) is 0 Å². The number of hydrogen-bond acceptors (Lipinski definition) is 4. The minimum atomic E-state index is -0.584. The van der Waals surface area contributed by atoms with Gasteiger partial charge in [-0.25, -0.2) is 0 Å². The van der Waals surface area contributed by atoms with Crippen LogP contribution in [0.2, 0.25) is 5.02 Å². The monoisotopic (exact) mass is 430 g/mol. The lowest BCUT2D eigenvalue weighted by Gasteiger charge is -2.27. The van der Waals surface area contributed by atoms with Gasteiger partial charge in [-0.05, 0) is 45.2 Å². The Morgan fingerprint density at radius 3 is 2.17 bits per heavy atom. The van der Waals surface area contributed by atoms with Crippen LogP contribution in [0.4, 0.5) is 11.4 Å². The highest BCUT2D eigenvalue weighted by atomic mass is 35.5. The van der Waals surface area contributed by atoms with Gasteiger partial charge in [-0.15, -0.1) is 0 Å². The molecule has 0 saturated heterocycles. The number of amides is 3. The van der Waals surface area contributed by atoms with Crippen molar-refractivity contribution in [2.24, 2.45) is 0 Å². The lowest BCUT2D eigenvalue weighted by Crippen LogP contribution is -2.48. The summed E-state index contributed by atoms with van der Waals surface area (Å²) in [7, 11) is 3.24. The summed E-state index contributed by atoms with van der Waals surface area (Å²) < 4.78 is 0. The number of halogens is 1. The van der Waals surface area contributed by atoms with E-state index >= 15 is 0 Å². The molecule has 0 bridgehead atoms. The molecule has 2 rings (SSSR count). The second kappa shape index (κ2) is 10.8. The predicted octanol–water partition coefficient (Wildman–Crippen LogP) is 3.00. The van der Waals surface area contributed by atoms with Crippen molar-refractivity contribution in [3.8, 4) is 0 Å². The summed E-state index contributed by atoms with van der Waals surface area (Å²) in [6, 6.07) is 13.8. The quantitative estimate of drug-likeness (QED) is 0.674. The van der Waals surface area contributed by atoms with Crippen molar-refractivity contribution < 1.29 is 14.4 Å². The van der Waals surface area contributed by atoms with Crippen LogP contribution in [0.5, 0.6) is 0 Å². The van der Waals surface area contributed by atoms with Crippen molar-refractivity contribution in [3.63, 3.8) is 0 Å². The Kier molecular flexibility index (Phi) is 8.38. The van der Waals surface area contributed by atoms with Crippen LogP contribution < -0.4 is 10.6 Å². The van der Waals surface area contributed by atoms with Crippen molar-refractivity contribution in [1.82, 2.24) is 9.80 Å². The van der Waals surface area contributed by atoms with Gasteiger partial charge in [0.2, 0.25) is 17.7 Å². The fourth-order valence-corrected chi connectivity index (χ4v) is 2.94. The number of benzene rings is 2. The number of nitrogens with zero attached hydrogens (tertiary/aromatic N) is 2. The van der Waals surface area contributed by atoms with Gasteiger partial charge in [0.1, 0.15) is 0 Å². The molecule has 7 nitrogen and oxygen atoms in total. The van der Waals surface area contributed by atoms with Crippen molar-refractivity contribution in [1.29, 1.82) is 0 Å². The van der Waals surface area contributed by atoms with Crippen LogP contribution in [-0.2, 0) is 14.4 Å². The first-order valence-electron chi connectivity index (χ1n) is 9.53. The smallest absolute Gasteiger partial charge is 0.243 e. The molecule has 1 atom stereocenters. The zero-order valence-electron chi connectivity index (χ0n) is 17.6. The normalized spacial score (nSPS) is 11.7. The van der Waals surface area contributed by atoms with Gasteiger partial charge in [0, 0.05) is 12.7 Å². The first-order chi connectivity index (χ1) is 14.2. The molecule has 0 aliphatic carbocycles. The summed E-state index contributed by atoms with van der Waals surface area (Å²) in [6.45, 7) is 3.57. The molecule has 0 radical (unpaired) electrons. The van der Waals surface area contributed by atoms with Gasteiger partial charge in [-0.2, -0.15) is 0 Å². The van der Waals surface area contributed by atoms with Crippen molar-refractivity contribution in [2.45, 2.75) is 19.9 Å². The van der Waals surface area contributed by atoms with Crippen LogP contribution in [-0.4, -0.2) is 60.7 Å². The molecule has 30 heavy (non-hydrogen) atoms. The summed E-state index contributed by atoms with van der Waals surface area (Å²) >= 11 is 6.05. The lowest BCUT2D eigenvalue weighted by atomic mass is 10.2. The molecule has 0 fully saturated rings. The van der Waals surface area contributed by atoms with E-state index in [-0.39, 0.29) is 30.8 Å². The molecule has 0 aliphatic rings. The van der Waals surface area contributed by atoms with Gasteiger partial charge in [0.15, 0.2) is 0 Å². The summed E-state index contributed by atoms with van der Waals surface area (Å²) in [5, 5.41) is 5.93. The first-order valence-corrected chi connectivity index (χ1v) is 9.91. The molecular weight excluding hydrogens is 404 g/mol. The highest BCUT2D eigenvalue weighted by Gasteiger charge is 2.24. The molecule has 3 amide bonds. The van der Waals surface area contributed by atoms with Gasteiger partial charge >= 0.3 is 0 Å². The molecule has 0 spiro atoms. The summed E-state index contributed by atoms with van der Waals surface area (Å²) in [6.07, 6.45) is 0. The van der Waals surface area contributed by atoms with E-state index in [0.717, 1.165) is 5.56 Å². The third kappa shape index (κ3) is 6.86. The Morgan fingerprint density at radius 1 is 0.933 bits per heavy atom. The number of rotatable bonds is 8. The minimum Gasteiger partial charge on any atom is -0.335 e. The van der Waals surface area contributed by atoms with Crippen LogP contribution >= 0.6 is 11.6 Å². The van der Waals surface area contributed by atoms with E-state index in [1.165, 1.54) is 4.90 Å². The number of nitrogens with one attached hydrogen (secondary N) is 2. The van der Waals surface area contributed by atoms with E-state index in [1.807, 2.05) is 31.2 Å². The summed E-state index contributed by atoms with van der Waals surface area (Å²) in [5.74, 6) is -0.840. The molecule has 0 aromatic heterocycles. The van der Waals surface area contributed by atoms with Gasteiger partial charge in [0.05, 0.1) is 29.8 Å². The number of carbonyl (C=O) groups is 3.